The Labute approximate surface area is 107 Å². The number of nitrogens with zero attached hydrogens (tertiary/aromatic N) is 1. The van der Waals surface area contributed by atoms with Crippen LogP contribution in [0.25, 0.3) is 0 Å². The molecule has 0 spiro atoms. The Kier molecular flexibility index (Phi) is 2.99. The SMILES string of the molecule is Cc1nc(C2CCCC2)sc1C1(CO)CCC1. The molecule has 2 aliphatic carbocycles. The van der Waals surface area contributed by atoms with Crippen LogP contribution in [0.5, 0.6) is 0 Å². The predicted molar refractivity (Wildman–Crippen MR) is 70.7 cm³/mol. The van der Waals surface area contributed by atoms with Gasteiger partial charge in [0.15, 0.2) is 0 Å². The van der Waals surface area contributed by atoms with Crippen molar-refractivity contribution in [2.75, 3.05) is 6.61 Å². The molecule has 0 bridgehead atoms. The van der Waals surface area contributed by atoms with Gasteiger partial charge in [0.05, 0.1) is 17.3 Å². The van der Waals surface area contributed by atoms with E-state index in [0.717, 1.165) is 12.8 Å². The topological polar surface area (TPSA) is 33.1 Å². The fraction of sp³-hybridized carbons (Fsp3) is 0.786. The molecule has 2 saturated carbocycles. The molecule has 2 nitrogen and oxygen atoms in total. The number of aliphatic hydroxyl groups excluding tert-OH is 1. The van der Waals surface area contributed by atoms with Crippen LogP contribution in [-0.4, -0.2) is 16.7 Å². The standard InChI is InChI=1S/C14H21NOS/c1-10-12(14(9-16)7-4-8-14)17-13(15-10)11-5-2-3-6-11/h11,16H,2-9H2,1H3. The second-order valence-corrected chi connectivity index (χ2v) is 6.77. The Morgan fingerprint density at radius 3 is 2.53 bits per heavy atom. The summed E-state index contributed by atoms with van der Waals surface area (Å²) in [6.45, 7) is 2.43. The Morgan fingerprint density at radius 1 is 1.29 bits per heavy atom. The fourth-order valence-electron chi connectivity index (χ4n) is 3.32. The Bertz CT molecular complexity index is 397. The third-order valence-electron chi connectivity index (χ3n) is 4.61. The summed E-state index contributed by atoms with van der Waals surface area (Å²) in [5.74, 6) is 0.711. The summed E-state index contributed by atoms with van der Waals surface area (Å²) < 4.78 is 0. The fourth-order valence-corrected chi connectivity index (χ4v) is 4.79. The second kappa shape index (κ2) is 4.36. The maximum absolute atomic E-state index is 9.67. The smallest absolute Gasteiger partial charge is 0.0962 e. The maximum atomic E-state index is 9.67. The number of aliphatic hydroxyl groups is 1. The highest BCUT2D eigenvalue weighted by Crippen LogP contribution is 2.48. The summed E-state index contributed by atoms with van der Waals surface area (Å²) in [5, 5.41) is 11.0. The molecule has 0 atom stereocenters. The van der Waals surface area contributed by atoms with E-state index in [0.29, 0.717) is 12.5 Å². The molecule has 3 rings (SSSR count). The zero-order valence-electron chi connectivity index (χ0n) is 10.5. The van der Waals surface area contributed by atoms with E-state index in [1.165, 1.54) is 47.7 Å². The molecular weight excluding hydrogens is 230 g/mol. The van der Waals surface area contributed by atoms with Crippen molar-refractivity contribution in [1.29, 1.82) is 0 Å². The number of aryl methyl sites for hydroxylation is 1. The molecule has 1 N–H and O–H groups in total. The van der Waals surface area contributed by atoms with E-state index in [4.69, 9.17) is 4.98 Å². The zero-order chi connectivity index (χ0) is 11.9. The second-order valence-electron chi connectivity index (χ2n) is 5.74. The quantitative estimate of drug-likeness (QED) is 0.891. The lowest BCUT2D eigenvalue weighted by Gasteiger charge is -2.39. The summed E-state index contributed by atoms with van der Waals surface area (Å²) >= 11 is 1.89. The number of hydrogen-bond donors (Lipinski definition) is 1. The highest BCUT2D eigenvalue weighted by Gasteiger charge is 2.41. The van der Waals surface area contributed by atoms with E-state index >= 15 is 0 Å². The molecule has 2 fully saturated rings. The van der Waals surface area contributed by atoms with Gasteiger partial charge in [-0.1, -0.05) is 19.3 Å². The van der Waals surface area contributed by atoms with E-state index in [1.54, 1.807) is 0 Å². The minimum absolute atomic E-state index is 0.0819. The van der Waals surface area contributed by atoms with Crippen molar-refractivity contribution in [3.8, 4) is 0 Å². The van der Waals surface area contributed by atoms with Gasteiger partial charge in [-0.2, -0.15) is 0 Å². The molecule has 0 amide bonds. The van der Waals surface area contributed by atoms with Crippen LogP contribution in [0.2, 0.25) is 0 Å². The van der Waals surface area contributed by atoms with E-state index in [9.17, 15) is 5.11 Å². The van der Waals surface area contributed by atoms with Gasteiger partial charge < -0.3 is 5.11 Å². The number of thiazole rings is 1. The molecule has 17 heavy (non-hydrogen) atoms. The van der Waals surface area contributed by atoms with Gasteiger partial charge >= 0.3 is 0 Å². The van der Waals surface area contributed by atoms with Gasteiger partial charge in [-0.15, -0.1) is 11.3 Å². The van der Waals surface area contributed by atoms with E-state index in [-0.39, 0.29) is 5.41 Å². The molecule has 3 heteroatoms. The van der Waals surface area contributed by atoms with Crippen LogP contribution in [0.1, 0.15) is 66.4 Å². The molecular formula is C14H21NOS. The third-order valence-corrected chi connectivity index (χ3v) is 6.18. The summed E-state index contributed by atoms with van der Waals surface area (Å²) in [5.41, 5.74) is 1.27. The molecule has 1 aromatic heterocycles. The van der Waals surface area contributed by atoms with Crippen LogP contribution < -0.4 is 0 Å². The van der Waals surface area contributed by atoms with Crippen molar-refractivity contribution >= 4 is 11.3 Å². The Hall–Kier alpha value is -0.410. The lowest BCUT2D eigenvalue weighted by molar-refractivity contribution is 0.122. The largest absolute Gasteiger partial charge is 0.395 e. The molecule has 1 aromatic rings. The normalized spacial score (nSPS) is 23.9. The van der Waals surface area contributed by atoms with Crippen molar-refractivity contribution in [3.05, 3.63) is 15.6 Å². The van der Waals surface area contributed by atoms with Crippen LogP contribution in [0.15, 0.2) is 0 Å². The van der Waals surface area contributed by atoms with Gasteiger partial charge in [0.25, 0.3) is 0 Å². The van der Waals surface area contributed by atoms with Crippen molar-refractivity contribution < 1.29 is 5.11 Å². The molecule has 0 aliphatic heterocycles. The summed E-state index contributed by atoms with van der Waals surface area (Å²) in [6.07, 6.45) is 8.93. The first kappa shape index (κ1) is 11.7. The van der Waals surface area contributed by atoms with Crippen molar-refractivity contribution in [2.45, 2.75) is 63.2 Å². The van der Waals surface area contributed by atoms with Crippen LogP contribution >= 0.6 is 11.3 Å². The van der Waals surface area contributed by atoms with Crippen molar-refractivity contribution in [2.24, 2.45) is 0 Å². The van der Waals surface area contributed by atoms with Crippen LogP contribution in [0, 0.1) is 6.92 Å². The minimum atomic E-state index is 0.0819. The lowest BCUT2D eigenvalue weighted by Crippen LogP contribution is -2.37. The first-order valence-electron chi connectivity index (χ1n) is 6.84. The highest BCUT2D eigenvalue weighted by atomic mass is 32.1. The Balaban J connectivity index is 1.90. The lowest BCUT2D eigenvalue weighted by atomic mass is 9.68. The monoisotopic (exact) mass is 251 g/mol. The average molecular weight is 251 g/mol. The van der Waals surface area contributed by atoms with Gasteiger partial charge in [0.2, 0.25) is 0 Å². The van der Waals surface area contributed by atoms with Gasteiger partial charge in [-0.25, -0.2) is 4.98 Å². The highest BCUT2D eigenvalue weighted by molar-refractivity contribution is 7.12. The van der Waals surface area contributed by atoms with Gasteiger partial charge in [-0.05, 0) is 32.6 Å². The first-order valence-corrected chi connectivity index (χ1v) is 7.65. The molecule has 1 heterocycles. The van der Waals surface area contributed by atoms with Gasteiger partial charge in [-0.3, -0.25) is 0 Å². The van der Waals surface area contributed by atoms with E-state index in [2.05, 4.69) is 6.92 Å². The van der Waals surface area contributed by atoms with Gasteiger partial charge in [0, 0.05) is 16.2 Å². The average Bonchev–Trinajstić information content (AvgIpc) is 2.87. The molecule has 94 valence electrons. The molecule has 0 unspecified atom stereocenters. The number of rotatable bonds is 3. The first-order chi connectivity index (χ1) is 8.25. The van der Waals surface area contributed by atoms with Crippen LogP contribution in [0.3, 0.4) is 0 Å². The van der Waals surface area contributed by atoms with Gasteiger partial charge in [0.1, 0.15) is 0 Å². The summed E-state index contributed by atoms with van der Waals surface area (Å²) in [4.78, 5) is 6.18. The molecule has 2 aliphatic rings. The molecule has 0 radical (unpaired) electrons. The van der Waals surface area contributed by atoms with Crippen LogP contribution in [0.4, 0.5) is 0 Å². The number of aromatic nitrogens is 1. The molecule has 0 aromatic carbocycles. The maximum Gasteiger partial charge on any atom is 0.0962 e. The predicted octanol–water partition coefficient (Wildman–Crippen LogP) is 3.52. The van der Waals surface area contributed by atoms with Crippen molar-refractivity contribution in [3.63, 3.8) is 0 Å². The Morgan fingerprint density at radius 2 is 2.00 bits per heavy atom. The zero-order valence-corrected chi connectivity index (χ0v) is 11.4. The summed E-state index contributed by atoms with van der Waals surface area (Å²) in [6, 6.07) is 0. The minimum Gasteiger partial charge on any atom is -0.395 e. The van der Waals surface area contributed by atoms with Crippen LogP contribution in [-0.2, 0) is 5.41 Å². The third kappa shape index (κ3) is 1.84. The van der Waals surface area contributed by atoms with Crippen molar-refractivity contribution in [1.82, 2.24) is 4.98 Å². The van der Waals surface area contributed by atoms with E-state index < -0.39 is 0 Å². The van der Waals surface area contributed by atoms with E-state index in [1.807, 2.05) is 11.3 Å². The summed E-state index contributed by atoms with van der Waals surface area (Å²) in [7, 11) is 0. The number of hydrogen-bond acceptors (Lipinski definition) is 3. The molecule has 0 saturated heterocycles.